The molecule has 2 heterocycles. The highest BCUT2D eigenvalue weighted by molar-refractivity contribution is 6.99. The van der Waals surface area contributed by atoms with Gasteiger partial charge in [0.15, 0.2) is 0 Å². The summed E-state index contributed by atoms with van der Waals surface area (Å²) in [5, 5.41) is 7.00. The van der Waals surface area contributed by atoms with Crippen LogP contribution in [-0.2, 0) is 16.0 Å². The van der Waals surface area contributed by atoms with Crippen molar-refractivity contribution < 1.29 is 23.9 Å². The zero-order valence-electron chi connectivity index (χ0n) is 19.5. The number of quaternary nitrogens is 1. The van der Waals surface area contributed by atoms with Gasteiger partial charge in [-0.05, 0) is 12.0 Å². The molecular formula is C24H36N3O4S+. The number of unbranched alkanes of at least 4 members (excludes halogenated alkanes) is 3. The van der Waals surface area contributed by atoms with E-state index in [2.05, 4.69) is 28.8 Å². The number of esters is 1. The first-order chi connectivity index (χ1) is 15.6. The lowest BCUT2D eigenvalue weighted by atomic mass is 10.1. The lowest BCUT2D eigenvalue weighted by Crippen LogP contribution is -2.49. The molecule has 1 unspecified atom stereocenters. The summed E-state index contributed by atoms with van der Waals surface area (Å²) in [5.74, 6) is 0.445. The van der Waals surface area contributed by atoms with Crippen molar-refractivity contribution in [3.63, 3.8) is 0 Å². The highest BCUT2D eigenvalue weighted by Crippen LogP contribution is 2.30. The van der Waals surface area contributed by atoms with Gasteiger partial charge in [0.1, 0.15) is 12.2 Å². The number of hydrogen-bond donors (Lipinski definition) is 1. The van der Waals surface area contributed by atoms with E-state index in [1.807, 2.05) is 30.3 Å². The number of rotatable bonds is 11. The first kappa shape index (κ1) is 26.0. The van der Waals surface area contributed by atoms with E-state index in [0.717, 1.165) is 49.9 Å². The van der Waals surface area contributed by atoms with E-state index < -0.39 is 0 Å². The molecular weight excluding hydrogens is 426 g/mol. The Bertz CT molecular complexity index is 841. The molecule has 7 nitrogen and oxygen atoms in total. The first-order valence-corrected chi connectivity index (χ1v) is 12.0. The van der Waals surface area contributed by atoms with Gasteiger partial charge in [-0.2, -0.15) is 4.37 Å². The zero-order chi connectivity index (χ0) is 23.2. The van der Waals surface area contributed by atoms with Gasteiger partial charge >= 0.3 is 5.97 Å². The van der Waals surface area contributed by atoms with E-state index in [1.165, 1.54) is 31.0 Å². The second kappa shape index (κ2) is 14.0. The van der Waals surface area contributed by atoms with E-state index in [9.17, 15) is 4.79 Å². The Hall–Kier alpha value is -2.29. The van der Waals surface area contributed by atoms with Crippen LogP contribution in [0.1, 0.15) is 50.3 Å². The van der Waals surface area contributed by atoms with E-state index in [-0.39, 0.29) is 5.97 Å². The largest absolute Gasteiger partial charge is 0.475 e. The van der Waals surface area contributed by atoms with Crippen molar-refractivity contribution in [3.05, 3.63) is 47.7 Å². The standard InChI is InChI=1S/C23H32N3O3S.CH4O/c1-3-4-5-9-15-28-23-22(24-30-25-23)20-13-10-14-26(2,17-20)18-29-21(27)16-19-11-7-6-8-12-19;1-2/h6-8,11-13H,3-5,9-10,14-18H2,1-2H3;2H,1H3/q+1;. The van der Waals surface area contributed by atoms with Crippen molar-refractivity contribution >= 4 is 23.3 Å². The van der Waals surface area contributed by atoms with Gasteiger partial charge in [-0.15, -0.1) is 4.37 Å². The van der Waals surface area contributed by atoms with Gasteiger partial charge < -0.3 is 14.6 Å². The topological polar surface area (TPSA) is 81.5 Å². The number of carbonyl (C=O) groups excluding carboxylic acids is 1. The zero-order valence-corrected chi connectivity index (χ0v) is 20.3. The Kier molecular flexibility index (Phi) is 11.3. The Labute approximate surface area is 195 Å². The number of aliphatic hydroxyl groups is 1. The fourth-order valence-corrected chi connectivity index (χ4v) is 4.13. The predicted molar refractivity (Wildman–Crippen MR) is 127 cm³/mol. The van der Waals surface area contributed by atoms with Crippen LogP contribution in [0.3, 0.4) is 0 Å². The summed E-state index contributed by atoms with van der Waals surface area (Å²) in [7, 11) is 3.12. The number of aliphatic hydroxyl groups excluding tert-OH is 1. The van der Waals surface area contributed by atoms with Crippen LogP contribution < -0.4 is 4.74 Å². The molecule has 1 aliphatic rings. The molecule has 1 N–H and O–H groups in total. The van der Waals surface area contributed by atoms with Gasteiger partial charge in [-0.3, -0.25) is 9.28 Å². The van der Waals surface area contributed by atoms with Gasteiger partial charge in [-0.1, -0.05) is 62.6 Å². The van der Waals surface area contributed by atoms with E-state index >= 15 is 0 Å². The van der Waals surface area contributed by atoms with Crippen molar-refractivity contribution in [1.82, 2.24) is 8.75 Å². The van der Waals surface area contributed by atoms with Crippen LogP contribution in [-0.4, -0.2) is 64.9 Å². The molecule has 176 valence electrons. The molecule has 0 radical (unpaired) electrons. The van der Waals surface area contributed by atoms with Crippen LogP contribution in [0.15, 0.2) is 36.4 Å². The van der Waals surface area contributed by atoms with Crippen LogP contribution in [0.4, 0.5) is 0 Å². The lowest BCUT2D eigenvalue weighted by Gasteiger charge is -2.36. The number of carbonyl (C=O) groups is 1. The first-order valence-electron chi connectivity index (χ1n) is 11.2. The minimum absolute atomic E-state index is 0.192. The fraction of sp³-hybridized carbons (Fsp3) is 0.542. The fourth-order valence-electron chi connectivity index (χ4n) is 3.60. The van der Waals surface area contributed by atoms with Crippen molar-refractivity contribution in [2.24, 2.45) is 0 Å². The third-order valence-electron chi connectivity index (χ3n) is 5.34. The maximum Gasteiger partial charge on any atom is 0.314 e. The summed E-state index contributed by atoms with van der Waals surface area (Å²) >= 11 is 1.19. The summed E-state index contributed by atoms with van der Waals surface area (Å²) in [4.78, 5) is 12.3. The average Bonchev–Trinajstić information content (AvgIpc) is 3.28. The van der Waals surface area contributed by atoms with E-state index in [1.54, 1.807) is 0 Å². The van der Waals surface area contributed by atoms with Crippen LogP contribution in [0.25, 0.3) is 5.57 Å². The molecule has 0 saturated carbocycles. The molecule has 1 aromatic heterocycles. The number of hydrogen-bond acceptors (Lipinski definition) is 7. The third-order valence-corrected chi connectivity index (χ3v) is 5.85. The number of aromatic nitrogens is 2. The van der Waals surface area contributed by atoms with E-state index in [4.69, 9.17) is 14.6 Å². The molecule has 0 spiro atoms. The van der Waals surface area contributed by atoms with Crippen molar-refractivity contribution in [2.75, 3.05) is 40.6 Å². The third kappa shape index (κ3) is 8.33. The maximum absolute atomic E-state index is 12.3. The molecule has 1 aliphatic heterocycles. The minimum Gasteiger partial charge on any atom is -0.475 e. The molecule has 0 fully saturated rings. The highest BCUT2D eigenvalue weighted by Gasteiger charge is 2.31. The van der Waals surface area contributed by atoms with Crippen LogP contribution >= 0.6 is 11.7 Å². The molecule has 0 aliphatic carbocycles. The van der Waals surface area contributed by atoms with Crippen molar-refractivity contribution in [1.29, 1.82) is 0 Å². The van der Waals surface area contributed by atoms with E-state index in [0.29, 0.717) is 30.1 Å². The SMILES string of the molecule is CCCCCCOc1nsnc1C1=CCC[N+](C)(COC(=O)Cc2ccccc2)C1.CO. The Balaban J connectivity index is 0.00000176. The number of benzene rings is 1. The molecule has 0 saturated heterocycles. The summed E-state index contributed by atoms with van der Waals surface area (Å²) in [5.41, 5.74) is 2.94. The summed E-state index contributed by atoms with van der Waals surface area (Å²) in [6.45, 7) is 4.90. The van der Waals surface area contributed by atoms with Gasteiger partial charge in [0.2, 0.25) is 6.73 Å². The molecule has 0 bridgehead atoms. The quantitative estimate of drug-likeness (QED) is 0.308. The minimum atomic E-state index is -0.192. The molecule has 8 heteroatoms. The van der Waals surface area contributed by atoms with Gasteiger partial charge in [0, 0.05) is 19.1 Å². The second-order valence-electron chi connectivity index (χ2n) is 8.15. The Morgan fingerprint density at radius 1 is 1.16 bits per heavy atom. The van der Waals surface area contributed by atoms with Gasteiger partial charge in [0.05, 0.1) is 38.3 Å². The summed E-state index contributed by atoms with van der Waals surface area (Å²) in [6.07, 6.45) is 8.08. The van der Waals surface area contributed by atoms with Crippen molar-refractivity contribution in [3.8, 4) is 5.88 Å². The smallest absolute Gasteiger partial charge is 0.314 e. The van der Waals surface area contributed by atoms with Gasteiger partial charge in [0.25, 0.3) is 5.88 Å². The lowest BCUT2D eigenvalue weighted by molar-refractivity contribution is -0.919. The number of likely N-dealkylation sites (N-methyl/N-ethyl adjacent to an activating group) is 1. The molecule has 1 atom stereocenters. The van der Waals surface area contributed by atoms with Crippen LogP contribution in [0.2, 0.25) is 0 Å². The molecule has 1 aromatic carbocycles. The predicted octanol–water partition coefficient (Wildman–Crippen LogP) is 4.08. The van der Waals surface area contributed by atoms with Crippen LogP contribution in [0, 0.1) is 0 Å². The number of nitrogens with zero attached hydrogens (tertiary/aromatic N) is 3. The molecule has 3 rings (SSSR count). The number of ether oxygens (including phenoxy) is 2. The Morgan fingerprint density at radius 3 is 2.69 bits per heavy atom. The van der Waals surface area contributed by atoms with Crippen LogP contribution in [0.5, 0.6) is 5.88 Å². The Morgan fingerprint density at radius 2 is 1.94 bits per heavy atom. The van der Waals surface area contributed by atoms with Gasteiger partial charge in [-0.25, -0.2) is 0 Å². The highest BCUT2D eigenvalue weighted by atomic mass is 32.1. The molecule has 32 heavy (non-hydrogen) atoms. The second-order valence-corrected chi connectivity index (χ2v) is 8.68. The monoisotopic (exact) mass is 462 g/mol. The average molecular weight is 463 g/mol. The molecule has 2 aromatic rings. The maximum atomic E-state index is 12.3. The normalized spacial score (nSPS) is 17.7. The van der Waals surface area contributed by atoms with Crippen molar-refractivity contribution in [2.45, 2.75) is 45.4 Å². The summed E-state index contributed by atoms with van der Waals surface area (Å²) in [6, 6.07) is 9.70. The summed E-state index contributed by atoms with van der Waals surface area (Å²) < 4.78 is 21.0. The molecule has 0 amide bonds.